The lowest BCUT2D eigenvalue weighted by molar-refractivity contribution is -0.137. The van der Waals surface area contributed by atoms with Gasteiger partial charge < -0.3 is 9.15 Å². The molecule has 1 aromatic heterocycles. The number of aryl methyl sites for hydroxylation is 2. The highest BCUT2D eigenvalue weighted by Crippen LogP contribution is 2.24. The van der Waals surface area contributed by atoms with Crippen LogP contribution in [0.25, 0.3) is 11.0 Å². The molecule has 32 heavy (non-hydrogen) atoms. The van der Waals surface area contributed by atoms with Crippen LogP contribution in [0.1, 0.15) is 38.3 Å². The molecule has 8 heteroatoms. The molecule has 7 nitrogen and oxygen atoms in total. The molecule has 2 aromatic carbocycles. The first kappa shape index (κ1) is 23.7. The molecule has 0 fully saturated rings. The average molecular weight is 458 g/mol. The Balaban J connectivity index is 1.88. The van der Waals surface area contributed by atoms with Crippen molar-refractivity contribution in [2.75, 3.05) is 0 Å². The molecular formula is C24H27NO6S. The van der Waals surface area contributed by atoms with E-state index in [2.05, 4.69) is 4.72 Å². The first-order valence-electron chi connectivity index (χ1n) is 10.5. The quantitative estimate of drug-likeness (QED) is 0.312. The number of sulfonamides is 1. The zero-order chi connectivity index (χ0) is 23.5. The Morgan fingerprint density at radius 3 is 2.41 bits per heavy atom. The Morgan fingerprint density at radius 1 is 1.09 bits per heavy atom. The van der Waals surface area contributed by atoms with Gasteiger partial charge in [0.05, 0.1) is 4.90 Å². The number of esters is 1. The van der Waals surface area contributed by atoms with Crippen molar-refractivity contribution in [1.29, 1.82) is 0 Å². The summed E-state index contributed by atoms with van der Waals surface area (Å²) in [6, 6.07) is 11.5. The second-order valence-electron chi connectivity index (χ2n) is 7.82. The third-order valence-electron chi connectivity index (χ3n) is 5.48. The van der Waals surface area contributed by atoms with Crippen LogP contribution < -0.4 is 15.1 Å². The molecule has 0 saturated heterocycles. The van der Waals surface area contributed by atoms with E-state index < -0.39 is 27.7 Å². The standard InChI is InChI=1S/C24H27NO6S/c1-5-16(4)23(25-32(28,29)19-10-7-15(3)8-11-19)24(27)30-18-9-12-20-17(6-2)13-22(26)31-21(20)14-18/h7-14,16,23,25H,5-6H2,1-4H3/t16-,23+/m1/s1. The van der Waals surface area contributed by atoms with Crippen LogP contribution in [0.15, 0.2) is 62.6 Å². The van der Waals surface area contributed by atoms with Crippen molar-refractivity contribution in [1.82, 2.24) is 4.72 Å². The Kier molecular flexibility index (Phi) is 7.16. The maximum atomic E-state index is 13.0. The highest BCUT2D eigenvalue weighted by Gasteiger charge is 2.31. The first-order chi connectivity index (χ1) is 15.1. The molecule has 0 saturated carbocycles. The van der Waals surface area contributed by atoms with Crippen LogP contribution in [0.5, 0.6) is 5.75 Å². The highest BCUT2D eigenvalue weighted by atomic mass is 32.2. The number of fused-ring (bicyclic) bond motifs is 1. The zero-order valence-electron chi connectivity index (χ0n) is 18.5. The molecule has 0 spiro atoms. The number of ether oxygens (including phenoxy) is 1. The van der Waals surface area contributed by atoms with E-state index in [-0.39, 0.29) is 16.6 Å². The largest absolute Gasteiger partial charge is 0.425 e. The van der Waals surface area contributed by atoms with Gasteiger partial charge in [0.1, 0.15) is 17.4 Å². The second kappa shape index (κ2) is 9.67. The molecule has 0 unspecified atom stereocenters. The lowest BCUT2D eigenvalue weighted by Gasteiger charge is -2.22. The van der Waals surface area contributed by atoms with Gasteiger partial charge in [-0.15, -0.1) is 0 Å². The van der Waals surface area contributed by atoms with E-state index in [1.54, 1.807) is 31.2 Å². The van der Waals surface area contributed by atoms with E-state index in [1.807, 2.05) is 20.8 Å². The fourth-order valence-electron chi connectivity index (χ4n) is 3.33. The number of hydrogen-bond acceptors (Lipinski definition) is 6. The Morgan fingerprint density at radius 2 is 1.78 bits per heavy atom. The number of rotatable bonds is 8. The second-order valence-corrected chi connectivity index (χ2v) is 9.53. The van der Waals surface area contributed by atoms with Gasteiger partial charge in [0.15, 0.2) is 0 Å². The third kappa shape index (κ3) is 5.26. The summed E-state index contributed by atoms with van der Waals surface area (Å²) in [7, 11) is -3.93. The van der Waals surface area contributed by atoms with Crippen LogP contribution in [-0.4, -0.2) is 20.4 Å². The van der Waals surface area contributed by atoms with Crippen molar-refractivity contribution in [3.63, 3.8) is 0 Å². The summed E-state index contributed by atoms with van der Waals surface area (Å²) in [5.74, 6) is -0.877. The van der Waals surface area contributed by atoms with E-state index in [9.17, 15) is 18.0 Å². The van der Waals surface area contributed by atoms with Gasteiger partial charge in [-0.1, -0.05) is 44.9 Å². The summed E-state index contributed by atoms with van der Waals surface area (Å²) in [6.45, 7) is 7.43. The van der Waals surface area contributed by atoms with Gasteiger partial charge in [0.25, 0.3) is 0 Å². The summed E-state index contributed by atoms with van der Waals surface area (Å²) in [5.41, 5.74) is 1.58. The molecule has 1 N–H and O–H groups in total. The van der Waals surface area contributed by atoms with E-state index in [0.29, 0.717) is 18.4 Å². The Bertz CT molecular complexity index is 1280. The molecule has 0 aliphatic carbocycles. The third-order valence-corrected chi connectivity index (χ3v) is 6.94. The number of nitrogens with one attached hydrogen (secondary N) is 1. The van der Waals surface area contributed by atoms with Crippen LogP contribution in [0.2, 0.25) is 0 Å². The minimum absolute atomic E-state index is 0.0729. The minimum Gasteiger partial charge on any atom is -0.425 e. The van der Waals surface area contributed by atoms with Crippen molar-refractivity contribution in [2.24, 2.45) is 5.92 Å². The Labute approximate surface area is 187 Å². The summed E-state index contributed by atoms with van der Waals surface area (Å²) < 4.78 is 38.9. The van der Waals surface area contributed by atoms with Gasteiger partial charge in [0, 0.05) is 17.5 Å². The molecule has 1 heterocycles. The van der Waals surface area contributed by atoms with Gasteiger partial charge >= 0.3 is 11.6 Å². The van der Waals surface area contributed by atoms with Crippen molar-refractivity contribution >= 4 is 27.0 Å². The minimum atomic E-state index is -3.93. The molecule has 0 aliphatic heterocycles. The van der Waals surface area contributed by atoms with Crippen molar-refractivity contribution in [3.05, 3.63) is 70.1 Å². The lowest BCUT2D eigenvalue weighted by Crippen LogP contribution is -2.46. The van der Waals surface area contributed by atoms with Gasteiger partial charge in [0.2, 0.25) is 10.0 Å². The molecule has 0 amide bonds. The van der Waals surface area contributed by atoms with E-state index >= 15 is 0 Å². The van der Waals surface area contributed by atoms with Crippen LogP contribution in [0.4, 0.5) is 0 Å². The number of hydrogen-bond donors (Lipinski definition) is 1. The van der Waals surface area contributed by atoms with Gasteiger partial charge in [-0.3, -0.25) is 0 Å². The van der Waals surface area contributed by atoms with Crippen LogP contribution in [0, 0.1) is 12.8 Å². The maximum absolute atomic E-state index is 13.0. The average Bonchev–Trinajstić information content (AvgIpc) is 2.76. The van der Waals surface area contributed by atoms with Gasteiger partial charge in [-0.05, 0) is 49.1 Å². The zero-order valence-corrected chi connectivity index (χ0v) is 19.4. The topological polar surface area (TPSA) is 103 Å². The molecule has 0 aliphatic rings. The molecule has 3 aromatic rings. The molecule has 0 bridgehead atoms. The van der Waals surface area contributed by atoms with E-state index in [0.717, 1.165) is 16.5 Å². The molecule has 170 valence electrons. The Hall–Kier alpha value is -2.97. The van der Waals surface area contributed by atoms with E-state index in [1.165, 1.54) is 24.3 Å². The lowest BCUT2D eigenvalue weighted by atomic mass is 10.0. The van der Waals surface area contributed by atoms with Crippen molar-refractivity contribution < 1.29 is 22.4 Å². The fourth-order valence-corrected chi connectivity index (χ4v) is 4.62. The predicted octanol–water partition coefficient (Wildman–Crippen LogP) is 3.96. The maximum Gasteiger partial charge on any atom is 0.336 e. The first-order valence-corrected chi connectivity index (χ1v) is 12.0. The summed E-state index contributed by atoms with van der Waals surface area (Å²) in [6.07, 6.45) is 1.21. The smallest absolute Gasteiger partial charge is 0.336 e. The molecule has 2 atom stereocenters. The van der Waals surface area contributed by atoms with Crippen molar-refractivity contribution in [3.8, 4) is 5.75 Å². The summed E-state index contributed by atoms with van der Waals surface area (Å²) >= 11 is 0. The molecule has 0 radical (unpaired) electrons. The monoisotopic (exact) mass is 457 g/mol. The predicted molar refractivity (Wildman–Crippen MR) is 122 cm³/mol. The molecule has 3 rings (SSSR count). The highest BCUT2D eigenvalue weighted by molar-refractivity contribution is 7.89. The fraction of sp³-hybridized carbons (Fsp3) is 0.333. The SMILES string of the molecule is CCc1cc(=O)oc2cc(OC(=O)[C@@H](NS(=O)(=O)c3ccc(C)cc3)[C@H](C)CC)ccc12. The van der Waals surface area contributed by atoms with Crippen LogP contribution >= 0.6 is 0 Å². The normalized spacial score (nSPS) is 13.6. The van der Waals surface area contributed by atoms with Crippen molar-refractivity contribution in [2.45, 2.75) is 51.5 Å². The van der Waals surface area contributed by atoms with Gasteiger partial charge in [-0.2, -0.15) is 4.72 Å². The molecular weight excluding hydrogens is 430 g/mol. The number of benzene rings is 2. The van der Waals surface area contributed by atoms with E-state index in [4.69, 9.17) is 9.15 Å². The number of carbonyl (C=O) groups excluding carboxylic acids is 1. The van der Waals surface area contributed by atoms with Crippen LogP contribution in [0.3, 0.4) is 0 Å². The summed E-state index contributed by atoms with van der Waals surface area (Å²) in [4.78, 5) is 24.8. The summed E-state index contributed by atoms with van der Waals surface area (Å²) in [5, 5.41) is 0.755. The van der Waals surface area contributed by atoms with Gasteiger partial charge in [-0.25, -0.2) is 18.0 Å². The number of carbonyl (C=O) groups is 1. The van der Waals surface area contributed by atoms with Crippen LogP contribution in [-0.2, 0) is 21.2 Å².